The second kappa shape index (κ2) is 7.26. The molecule has 2 rings (SSSR count). The summed E-state index contributed by atoms with van der Waals surface area (Å²) in [5.41, 5.74) is 0.212. The van der Waals surface area contributed by atoms with Gasteiger partial charge in [0.15, 0.2) is 6.61 Å². The fourth-order valence-corrected chi connectivity index (χ4v) is 2.61. The first-order chi connectivity index (χ1) is 9.57. The minimum atomic E-state index is -0.0525. The van der Waals surface area contributed by atoms with Crippen molar-refractivity contribution in [3.63, 3.8) is 0 Å². The van der Waals surface area contributed by atoms with Crippen molar-refractivity contribution in [2.75, 3.05) is 26.2 Å². The number of amides is 1. The molecule has 1 aromatic carbocycles. The van der Waals surface area contributed by atoms with Crippen molar-refractivity contribution in [3.8, 4) is 5.75 Å². The van der Waals surface area contributed by atoms with E-state index in [0.29, 0.717) is 0 Å². The Kier molecular flexibility index (Phi) is 5.65. The summed E-state index contributed by atoms with van der Waals surface area (Å²) in [6.45, 7) is 5.10. The molecule has 1 aliphatic rings. The van der Waals surface area contributed by atoms with E-state index in [-0.39, 0.29) is 17.9 Å². The standard InChI is InChI=1S/C15H21IN2O2/c1-15(6-8-17-9-7-15)11-18-14(19)10-20-13-4-2-12(16)3-5-13/h2-5,17H,6-11H2,1H3,(H,18,19). The van der Waals surface area contributed by atoms with E-state index >= 15 is 0 Å². The zero-order valence-electron chi connectivity index (χ0n) is 11.7. The summed E-state index contributed by atoms with van der Waals surface area (Å²) in [7, 11) is 0. The predicted octanol–water partition coefficient (Wildman–Crippen LogP) is 2.18. The van der Waals surface area contributed by atoms with Gasteiger partial charge in [-0.2, -0.15) is 0 Å². The number of rotatable bonds is 5. The highest BCUT2D eigenvalue weighted by atomic mass is 127. The summed E-state index contributed by atoms with van der Waals surface area (Å²) >= 11 is 2.24. The number of carbonyl (C=O) groups is 1. The summed E-state index contributed by atoms with van der Waals surface area (Å²) in [5, 5.41) is 6.32. The van der Waals surface area contributed by atoms with E-state index in [2.05, 4.69) is 40.1 Å². The van der Waals surface area contributed by atoms with E-state index in [1.54, 1.807) is 0 Å². The molecule has 0 atom stereocenters. The molecule has 0 radical (unpaired) electrons. The van der Waals surface area contributed by atoms with Crippen LogP contribution in [0.2, 0.25) is 0 Å². The van der Waals surface area contributed by atoms with Crippen molar-refractivity contribution < 1.29 is 9.53 Å². The van der Waals surface area contributed by atoms with E-state index in [1.165, 1.54) is 0 Å². The topological polar surface area (TPSA) is 50.4 Å². The van der Waals surface area contributed by atoms with Crippen LogP contribution in [0.4, 0.5) is 0 Å². The maximum Gasteiger partial charge on any atom is 0.257 e. The highest BCUT2D eigenvalue weighted by Crippen LogP contribution is 2.26. The Bertz CT molecular complexity index is 442. The van der Waals surface area contributed by atoms with Gasteiger partial charge in [0.05, 0.1) is 0 Å². The van der Waals surface area contributed by atoms with Crippen LogP contribution in [-0.4, -0.2) is 32.1 Å². The lowest BCUT2D eigenvalue weighted by Crippen LogP contribution is -2.43. The molecule has 2 N–H and O–H groups in total. The number of nitrogens with one attached hydrogen (secondary N) is 2. The predicted molar refractivity (Wildman–Crippen MR) is 87.9 cm³/mol. The van der Waals surface area contributed by atoms with Gasteiger partial charge >= 0.3 is 0 Å². The Labute approximate surface area is 133 Å². The molecule has 5 heteroatoms. The third kappa shape index (κ3) is 4.94. The van der Waals surface area contributed by atoms with Crippen LogP contribution in [0.5, 0.6) is 5.75 Å². The number of halogens is 1. The molecule has 0 bridgehead atoms. The molecule has 1 heterocycles. The highest BCUT2D eigenvalue weighted by molar-refractivity contribution is 14.1. The Morgan fingerprint density at radius 2 is 2.00 bits per heavy atom. The van der Waals surface area contributed by atoms with Crippen molar-refractivity contribution in [2.24, 2.45) is 5.41 Å². The fraction of sp³-hybridized carbons (Fsp3) is 0.533. The summed E-state index contributed by atoms with van der Waals surface area (Å²) < 4.78 is 6.62. The molecular weight excluding hydrogens is 367 g/mol. The van der Waals surface area contributed by atoms with Gasteiger partial charge in [0.2, 0.25) is 0 Å². The van der Waals surface area contributed by atoms with Gasteiger partial charge in [-0.1, -0.05) is 6.92 Å². The van der Waals surface area contributed by atoms with Gasteiger partial charge in [-0.3, -0.25) is 4.79 Å². The lowest BCUT2D eigenvalue weighted by Gasteiger charge is -2.34. The minimum Gasteiger partial charge on any atom is -0.484 e. The third-order valence-corrected chi connectivity index (χ3v) is 4.43. The van der Waals surface area contributed by atoms with Crippen LogP contribution in [0.3, 0.4) is 0 Å². The number of benzene rings is 1. The van der Waals surface area contributed by atoms with Gasteiger partial charge in [0, 0.05) is 10.1 Å². The zero-order chi connectivity index (χ0) is 14.4. The molecule has 0 aliphatic carbocycles. The molecule has 1 amide bonds. The Balaban J connectivity index is 1.71. The molecule has 1 aliphatic heterocycles. The van der Waals surface area contributed by atoms with Crippen LogP contribution in [-0.2, 0) is 4.79 Å². The van der Waals surface area contributed by atoms with E-state index in [1.807, 2.05) is 24.3 Å². The lowest BCUT2D eigenvalue weighted by molar-refractivity contribution is -0.123. The second-order valence-electron chi connectivity index (χ2n) is 5.58. The first-order valence-electron chi connectivity index (χ1n) is 6.93. The van der Waals surface area contributed by atoms with Gasteiger partial charge in [-0.15, -0.1) is 0 Å². The van der Waals surface area contributed by atoms with Gasteiger partial charge in [-0.25, -0.2) is 0 Å². The summed E-state index contributed by atoms with van der Waals surface area (Å²) in [6, 6.07) is 7.68. The van der Waals surface area contributed by atoms with Crippen LogP contribution < -0.4 is 15.4 Å². The summed E-state index contributed by atoms with van der Waals surface area (Å²) in [6.07, 6.45) is 2.20. The number of ether oxygens (including phenoxy) is 1. The molecule has 0 spiro atoms. The van der Waals surface area contributed by atoms with Crippen molar-refractivity contribution in [1.29, 1.82) is 0 Å². The smallest absolute Gasteiger partial charge is 0.257 e. The monoisotopic (exact) mass is 388 g/mol. The van der Waals surface area contributed by atoms with E-state index in [0.717, 1.165) is 41.8 Å². The fourth-order valence-electron chi connectivity index (χ4n) is 2.25. The minimum absolute atomic E-state index is 0.0525. The molecule has 20 heavy (non-hydrogen) atoms. The zero-order valence-corrected chi connectivity index (χ0v) is 13.9. The van der Waals surface area contributed by atoms with Crippen LogP contribution in [0, 0.1) is 8.99 Å². The van der Waals surface area contributed by atoms with Gasteiger partial charge < -0.3 is 15.4 Å². The Morgan fingerprint density at radius 1 is 1.35 bits per heavy atom. The molecule has 0 unspecified atom stereocenters. The van der Waals surface area contributed by atoms with E-state index < -0.39 is 0 Å². The molecule has 4 nitrogen and oxygen atoms in total. The van der Waals surface area contributed by atoms with Gasteiger partial charge in [0.25, 0.3) is 5.91 Å². The van der Waals surface area contributed by atoms with Crippen molar-refractivity contribution in [2.45, 2.75) is 19.8 Å². The number of piperidine rings is 1. The maximum absolute atomic E-state index is 11.8. The maximum atomic E-state index is 11.8. The molecule has 1 saturated heterocycles. The molecule has 1 aromatic rings. The van der Waals surface area contributed by atoms with Crippen LogP contribution in [0.25, 0.3) is 0 Å². The van der Waals surface area contributed by atoms with Crippen LogP contribution >= 0.6 is 22.6 Å². The number of carbonyl (C=O) groups excluding carboxylic acids is 1. The summed E-state index contributed by atoms with van der Waals surface area (Å²) in [4.78, 5) is 11.8. The van der Waals surface area contributed by atoms with Crippen LogP contribution in [0.1, 0.15) is 19.8 Å². The average Bonchev–Trinajstić information content (AvgIpc) is 2.45. The quantitative estimate of drug-likeness (QED) is 0.761. The third-order valence-electron chi connectivity index (χ3n) is 3.71. The molecule has 1 fully saturated rings. The number of hydrogen-bond donors (Lipinski definition) is 2. The lowest BCUT2D eigenvalue weighted by atomic mass is 9.81. The first-order valence-corrected chi connectivity index (χ1v) is 8.01. The normalized spacial score (nSPS) is 17.5. The van der Waals surface area contributed by atoms with Crippen molar-refractivity contribution >= 4 is 28.5 Å². The van der Waals surface area contributed by atoms with E-state index in [4.69, 9.17) is 4.74 Å². The molecule has 0 saturated carbocycles. The van der Waals surface area contributed by atoms with Gasteiger partial charge in [-0.05, 0) is 78.2 Å². The number of hydrogen-bond acceptors (Lipinski definition) is 3. The highest BCUT2D eigenvalue weighted by Gasteiger charge is 2.26. The van der Waals surface area contributed by atoms with Gasteiger partial charge in [0.1, 0.15) is 5.75 Å². The van der Waals surface area contributed by atoms with Crippen molar-refractivity contribution in [1.82, 2.24) is 10.6 Å². The summed E-state index contributed by atoms with van der Waals surface area (Å²) in [5.74, 6) is 0.678. The first kappa shape index (κ1) is 15.6. The van der Waals surface area contributed by atoms with Crippen LogP contribution in [0.15, 0.2) is 24.3 Å². The van der Waals surface area contributed by atoms with Crippen molar-refractivity contribution in [3.05, 3.63) is 27.8 Å². The Hall–Kier alpha value is -0.820. The van der Waals surface area contributed by atoms with E-state index in [9.17, 15) is 4.79 Å². The molecule has 110 valence electrons. The molecular formula is C15H21IN2O2. The molecule has 0 aromatic heterocycles. The largest absolute Gasteiger partial charge is 0.484 e. The Morgan fingerprint density at radius 3 is 2.65 bits per heavy atom. The SMILES string of the molecule is CC1(CNC(=O)COc2ccc(I)cc2)CCNCC1. The second-order valence-corrected chi connectivity index (χ2v) is 6.83. The average molecular weight is 388 g/mol.